The molecule has 172 valence electrons. The van der Waals surface area contributed by atoms with Crippen LogP contribution in [-0.4, -0.2) is 79.1 Å². The van der Waals surface area contributed by atoms with Gasteiger partial charge >= 0.3 is 0 Å². The van der Waals surface area contributed by atoms with E-state index in [1.54, 1.807) is 15.9 Å². The summed E-state index contributed by atoms with van der Waals surface area (Å²) in [4.78, 5) is 34.6. The summed E-state index contributed by atoms with van der Waals surface area (Å²) < 4.78 is 18.6. The van der Waals surface area contributed by atoms with Gasteiger partial charge in [0, 0.05) is 36.8 Å². The summed E-state index contributed by atoms with van der Waals surface area (Å²) in [6.45, 7) is 4.47. The van der Waals surface area contributed by atoms with Gasteiger partial charge in [0.25, 0.3) is 17.6 Å². The molecule has 3 aromatic rings. The highest BCUT2D eigenvalue weighted by Crippen LogP contribution is 2.25. The second kappa shape index (κ2) is 8.74. The van der Waals surface area contributed by atoms with E-state index in [0.29, 0.717) is 10.7 Å². The quantitative estimate of drug-likeness (QED) is 0.572. The molecule has 10 nitrogen and oxygen atoms in total. The largest absolute Gasteiger partial charge is 0.481 e. The zero-order valence-corrected chi connectivity index (χ0v) is 19.0. The first-order chi connectivity index (χ1) is 15.7. The monoisotopic (exact) mass is 473 g/mol. The van der Waals surface area contributed by atoms with Crippen molar-refractivity contribution in [2.24, 2.45) is 0 Å². The van der Waals surface area contributed by atoms with Gasteiger partial charge in [-0.1, -0.05) is 17.7 Å². The van der Waals surface area contributed by atoms with E-state index in [0.717, 1.165) is 4.80 Å². The van der Waals surface area contributed by atoms with Gasteiger partial charge in [0.2, 0.25) is 5.88 Å². The number of rotatable bonds is 4. The molecule has 0 N–H and O–H groups in total. The van der Waals surface area contributed by atoms with Gasteiger partial charge in [-0.25, -0.2) is 9.37 Å². The van der Waals surface area contributed by atoms with E-state index in [9.17, 15) is 14.0 Å². The predicted octanol–water partition coefficient (Wildman–Crippen LogP) is 2.24. The SMILES string of the molecule is COc1cc(Cl)cc(C(=O)N2CCN(C(=O)c3nnn(-c4cccc(F)c4)n3)C(C)(C)C2)n1. The first-order valence-electron chi connectivity index (χ1n) is 10.1. The molecule has 12 heteroatoms. The summed E-state index contributed by atoms with van der Waals surface area (Å²) in [6, 6.07) is 8.65. The first kappa shape index (κ1) is 22.6. The molecule has 1 fully saturated rings. The number of halogens is 2. The lowest BCUT2D eigenvalue weighted by Crippen LogP contribution is -2.62. The number of piperazine rings is 1. The van der Waals surface area contributed by atoms with Gasteiger partial charge in [-0.3, -0.25) is 9.59 Å². The van der Waals surface area contributed by atoms with Crippen LogP contribution in [-0.2, 0) is 0 Å². The molecule has 2 amide bonds. The maximum absolute atomic E-state index is 13.5. The van der Waals surface area contributed by atoms with Crippen molar-refractivity contribution in [2.45, 2.75) is 19.4 Å². The molecule has 0 radical (unpaired) electrons. The Hall–Kier alpha value is -3.60. The predicted molar refractivity (Wildman–Crippen MR) is 116 cm³/mol. The van der Waals surface area contributed by atoms with Crippen LogP contribution in [0.15, 0.2) is 36.4 Å². The molecule has 0 aliphatic carbocycles. The Morgan fingerprint density at radius 3 is 2.64 bits per heavy atom. The van der Waals surface area contributed by atoms with E-state index < -0.39 is 17.3 Å². The summed E-state index contributed by atoms with van der Waals surface area (Å²) in [5, 5.41) is 12.2. The van der Waals surface area contributed by atoms with Crippen molar-refractivity contribution in [1.29, 1.82) is 0 Å². The third kappa shape index (κ3) is 4.63. The first-order valence-corrected chi connectivity index (χ1v) is 10.4. The van der Waals surface area contributed by atoms with Crippen LogP contribution in [0.3, 0.4) is 0 Å². The van der Waals surface area contributed by atoms with Crippen LogP contribution in [0.5, 0.6) is 5.88 Å². The van der Waals surface area contributed by atoms with E-state index in [-0.39, 0.29) is 42.9 Å². The minimum absolute atomic E-state index is 0.117. The van der Waals surface area contributed by atoms with Gasteiger partial charge in [0.05, 0.1) is 18.3 Å². The molecule has 33 heavy (non-hydrogen) atoms. The average molecular weight is 474 g/mol. The van der Waals surface area contributed by atoms with E-state index in [4.69, 9.17) is 16.3 Å². The van der Waals surface area contributed by atoms with E-state index in [1.165, 1.54) is 37.4 Å². The highest BCUT2D eigenvalue weighted by molar-refractivity contribution is 6.31. The Bertz CT molecular complexity index is 1220. The molecule has 1 aliphatic heterocycles. The van der Waals surface area contributed by atoms with Crippen molar-refractivity contribution < 1.29 is 18.7 Å². The number of amides is 2. The highest BCUT2D eigenvalue weighted by atomic mass is 35.5. The number of ether oxygens (including phenoxy) is 1. The Morgan fingerprint density at radius 1 is 1.15 bits per heavy atom. The highest BCUT2D eigenvalue weighted by Gasteiger charge is 2.40. The third-order valence-electron chi connectivity index (χ3n) is 5.27. The van der Waals surface area contributed by atoms with Crippen molar-refractivity contribution in [3.63, 3.8) is 0 Å². The maximum atomic E-state index is 13.5. The molecule has 2 aromatic heterocycles. The number of carbonyl (C=O) groups is 2. The fourth-order valence-electron chi connectivity index (χ4n) is 3.68. The number of carbonyl (C=O) groups excluding carboxylic acids is 2. The molecular weight excluding hydrogens is 453 g/mol. The molecule has 1 aromatic carbocycles. The molecule has 1 aliphatic rings. The van der Waals surface area contributed by atoms with Gasteiger partial charge in [-0.15, -0.1) is 15.0 Å². The van der Waals surface area contributed by atoms with Crippen LogP contribution in [0, 0.1) is 5.82 Å². The number of hydrogen-bond acceptors (Lipinski definition) is 7. The number of hydrogen-bond donors (Lipinski definition) is 0. The lowest BCUT2D eigenvalue weighted by Gasteiger charge is -2.46. The van der Waals surface area contributed by atoms with Crippen LogP contribution in [0.4, 0.5) is 4.39 Å². The second-order valence-electron chi connectivity index (χ2n) is 8.09. The fraction of sp³-hybridized carbons (Fsp3) is 0.333. The van der Waals surface area contributed by atoms with E-state index >= 15 is 0 Å². The molecule has 1 saturated heterocycles. The Labute approximate surface area is 193 Å². The number of tetrazole rings is 1. The number of benzene rings is 1. The van der Waals surface area contributed by atoms with Crippen LogP contribution in [0.25, 0.3) is 5.69 Å². The maximum Gasteiger partial charge on any atom is 0.296 e. The Balaban J connectivity index is 1.50. The zero-order chi connectivity index (χ0) is 23.8. The van der Waals surface area contributed by atoms with E-state index in [1.807, 2.05) is 13.8 Å². The number of pyridine rings is 1. The molecule has 0 unspecified atom stereocenters. The molecule has 0 spiro atoms. The van der Waals surface area contributed by atoms with E-state index in [2.05, 4.69) is 20.4 Å². The van der Waals surface area contributed by atoms with Crippen molar-refractivity contribution in [3.05, 3.63) is 58.8 Å². The Morgan fingerprint density at radius 2 is 1.94 bits per heavy atom. The molecule has 0 saturated carbocycles. The van der Waals surface area contributed by atoms with Crippen molar-refractivity contribution in [3.8, 4) is 11.6 Å². The summed E-state index contributed by atoms with van der Waals surface area (Å²) in [6.07, 6.45) is 0. The zero-order valence-electron chi connectivity index (χ0n) is 18.2. The average Bonchev–Trinajstić information content (AvgIpc) is 3.27. The molecule has 3 heterocycles. The molecular formula is C21H21ClFN7O3. The molecule has 0 bridgehead atoms. The standard InChI is InChI=1S/C21H21ClFN7O3/c1-21(2)12-28(19(31)16-9-13(22)10-17(24-16)33-3)7-8-29(21)20(32)18-25-27-30(26-18)15-6-4-5-14(23)11-15/h4-6,9-11H,7-8,12H2,1-3H3. The summed E-state index contributed by atoms with van der Waals surface area (Å²) in [7, 11) is 1.44. The second-order valence-corrected chi connectivity index (χ2v) is 8.53. The smallest absolute Gasteiger partial charge is 0.296 e. The fourth-order valence-corrected chi connectivity index (χ4v) is 3.88. The van der Waals surface area contributed by atoms with Crippen LogP contribution < -0.4 is 4.74 Å². The topological polar surface area (TPSA) is 106 Å². The summed E-state index contributed by atoms with van der Waals surface area (Å²) in [5.74, 6) is -1.07. The molecule has 4 rings (SSSR count). The summed E-state index contributed by atoms with van der Waals surface area (Å²) in [5.41, 5.74) is -0.215. The number of nitrogens with zero attached hydrogens (tertiary/aromatic N) is 7. The van der Waals surface area contributed by atoms with Gasteiger partial charge < -0.3 is 14.5 Å². The van der Waals surface area contributed by atoms with Crippen molar-refractivity contribution in [1.82, 2.24) is 35.0 Å². The molecule has 0 atom stereocenters. The van der Waals surface area contributed by atoms with Crippen LogP contribution in [0.1, 0.15) is 35.0 Å². The van der Waals surface area contributed by atoms with Crippen molar-refractivity contribution in [2.75, 3.05) is 26.7 Å². The van der Waals surface area contributed by atoms with Crippen molar-refractivity contribution >= 4 is 23.4 Å². The summed E-state index contributed by atoms with van der Waals surface area (Å²) >= 11 is 6.07. The minimum atomic E-state index is -0.724. The third-order valence-corrected chi connectivity index (χ3v) is 5.49. The Kier molecular flexibility index (Phi) is 5.98. The number of aromatic nitrogens is 5. The van der Waals surface area contributed by atoms with Gasteiger partial charge in [-0.05, 0) is 37.3 Å². The normalized spacial score (nSPS) is 15.4. The number of methoxy groups -OCH3 is 1. The lowest BCUT2D eigenvalue weighted by molar-refractivity contribution is 0.0158. The van der Waals surface area contributed by atoms with Gasteiger partial charge in [-0.2, -0.15) is 0 Å². The van der Waals surface area contributed by atoms with Gasteiger partial charge in [0.1, 0.15) is 11.5 Å². The lowest BCUT2D eigenvalue weighted by atomic mass is 9.98. The van der Waals surface area contributed by atoms with Gasteiger partial charge in [0.15, 0.2) is 0 Å². The minimum Gasteiger partial charge on any atom is -0.481 e. The van der Waals surface area contributed by atoms with Crippen LogP contribution in [0.2, 0.25) is 5.02 Å². The van der Waals surface area contributed by atoms with Crippen LogP contribution >= 0.6 is 11.6 Å².